The molecule has 7 heteroatoms. The lowest BCUT2D eigenvalue weighted by Crippen LogP contribution is -2.13. The number of halogens is 2. The summed E-state index contributed by atoms with van der Waals surface area (Å²) in [5.74, 6) is 0.0115. The average Bonchev–Trinajstić information content (AvgIpc) is 2.41. The fraction of sp³-hybridized carbons (Fsp3) is 0.214. The van der Waals surface area contributed by atoms with Crippen molar-refractivity contribution >= 4 is 35.0 Å². The predicted octanol–water partition coefficient (Wildman–Crippen LogP) is 3.05. The lowest BCUT2D eigenvalue weighted by Gasteiger charge is -2.09. The number of nitrogen functional groups attached to an aromatic ring is 1. The number of hydrogen-bond acceptors (Lipinski definition) is 5. The Bertz CT molecular complexity index is 682. The van der Waals surface area contributed by atoms with Gasteiger partial charge in [0.25, 0.3) is 0 Å². The molecule has 0 fully saturated rings. The lowest BCUT2D eigenvalue weighted by molar-refractivity contribution is 0.0600. The quantitative estimate of drug-likeness (QED) is 0.877. The molecule has 1 aromatic carbocycles. The van der Waals surface area contributed by atoms with Crippen molar-refractivity contribution in [3.63, 3.8) is 0 Å². The maximum Gasteiger partial charge on any atom is 0.343 e. The molecule has 2 rings (SSSR count). The summed E-state index contributed by atoms with van der Waals surface area (Å²) in [6, 6.07) is 5.19. The van der Waals surface area contributed by atoms with Gasteiger partial charge in [-0.2, -0.15) is 0 Å². The maximum atomic E-state index is 11.6. The molecule has 110 valence electrons. The van der Waals surface area contributed by atoms with Gasteiger partial charge in [-0.1, -0.05) is 29.3 Å². The molecule has 2 aromatic rings. The van der Waals surface area contributed by atoms with Crippen LogP contribution in [0, 0.1) is 6.92 Å². The fourth-order valence-corrected chi connectivity index (χ4v) is 2.40. The molecule has 5 nitrogen and oxygen atoms in total. The largest absolute Gasteiger partial charge is 0.465 e. The molecule has 0 amide bonds. The molecular formula is C14H13Cl2N3O2. The summed E-state index contributed by atoms with van der Waals surface area (Å²) in [6.07, 6.45) is 0.391. The van der Waals surface area contributed by atoms with Crippen molar-refractivity contribution in [2.45, 2.75) is 13.3 Å². The molecule has 0 aliphatic carbocycles. The van der Waals surface area contributed by atoms with Crippen LogP contribution in [0.1, 0.15) is 27.4 Å². The van der Waals surface area contributed by atoms with Crippen LogP contribution in [0.3, 0.4) is 0 Å². The van der Waals surface area contributed by atoms with Crippen molar-refractivity contribution in [3.05, 3.63) is 50.9 Å². The average molecular weight is 326 g/mol. The molecule has 0 aliphatic heterocycles. The molecule has 0 radical (unpaired) electrons. The highest BCUT2D eigenvalue weighted by molar-refractivity contribution is 6.35. The first-order valence-electron chi connectivity index (χ1n) is 6.07. The number of esters is 1. The third-order valence-electron chi connectivity index (χ3n) is 2.92. The maximum absolute atomic E-state index is 11.6. The Kier molecular flexibility index (Phi) is 4.65. The topological polar surface area (TPSA) is 78.1 Å². The number of carbonyl (C=O) groups excluding carboxylic acids is 1. The van der Waals surface area contributed by atoms with Gasteiger partial charge in [0.05, 0.1) is 12.8 Å². The number of carbonyl (C=O) groups is 1. The number of nitrogens with two attached hydrogens (primary N) is 1. The first-order chi connectivity index (χ1) is 9.92. The van der Waals surface area contributed by atoms with E-state index in [4.69, 9.17) is 28.9 Å². The van der Waals surface area contributed by atoms with Gasteiger partial charge in [0.2, 0.25) is 0 Å². The van der Waals surface area contributed by atoms with Gasteiger partial charge < -0.3 is 10.5 Å². The number of methoxy groups -OCH3 is 1. The minimum Gasteiger partial charge on any atom is -0.465 e. The third kappa shape index (κ3) is 3.43. The Hall–Kier alpha value is -1.85. The van der Waals surface area contributed by atoms with Crippen molar-refractivity contribution in [3.8, 4) is 0 Å². The van der Waals surface area contributed by atoms with E-state index in [1.54, 1.807) is 25.1 Å². The predicted molar refractivity (Wildman–Crippen MR) is 81.8 cm³/mol. The van der Waals surface area contributed by atoms with Gasteiger partial charge in [-0.05, 0) is 24.6 Å². The summed E-state index contributed by atoms with van der Waals surface area (Å²) in [5.41, 5.74) is 7.28. The summed E-state index contributed by atoms with van der Waals surface area (Å²) in [7, 11) is 1.28. The van der Waals surface area contributed by atoms with Crippen LogP contribution in [0.2, 0.25) is 10.0 Å². The second kappa shape index (κ2) is 6.28. The summed E-state index contributed by atoms with van der Waals surface area (Å²) in [4.78, 5) is 20.0. The first kappa shape index (κ1) is 15.5. The minimum atomic E-state index is -0.555. The van der Waals surface area contributed by atoms with Gasteiger partial charge in [0.15, 0.2) is 0 Å². The third-order valence-corrected chi connectivity index (χ3v) is 3.50. The van der Waals surface area contributed by atoms with E-state index in [0.717, 1.165) is 5.56 Å². The van der Waals surface area contributed by atoms with Crippen molar-refractivity contribution in [2.24, 2.45) is 0 Å². The molecule has 0 atom stereocenters. The van der Waals surface area contributed by atoms with E-state index in [9.17, 15) is 4.79 Å². The van der Waals surface area contributed by atoms with Gasteiger partial charge >= 0.3 is 5.97 Å². The van der Waals surface area contributed by atoms with Crippen LogP contribution in [0.5, 0.6) is 0 Å². The molecule has 0 saturated heterocycles. The Morgan fingerprint density at radius 1 is 1.33 bits per heavy atom. The fourth-order valence-electron chi connectivity index (χ4n) is 1.92. The molecule has 21 heavy (non-hydrogen) atoms. The zero-order valence-electron chi connectivity index (χ0n) is 11.5. The van der Waals surface area contributed by atoms with Crippen molar-refractivity contribution < 1.29 is 9.53 Å². The number of aromatic nitrogens is 2. The molecule has 0 bridgehead atoms. The van der Waals surface area contributed by atoms with E-state index >= 15 is 0 Å². The van der Waals surface area contributed by atoms with Crippen LogP contribution in [0.4, 0.5) is 5.82 Å². The number of anilines is 1. The second-order valence-electron chi connectivity index (χ2n) is 4.39. The number of benzene rings is 1. The van der Waals surface area contributed by atoms with E-state index in [1.165, 1.54) is 7.11 Å². The van der Waals surface area contributed by atoms with Gasteiger partial charge in [-0.3, -0.25) is 0 Å². The SMILES string of the molecule is COC(=O)c1c(C)nc(Cc2ccc(Cl)cc2Cl)nc1N. The number of rotatable bonds is 3. The molecule has 2 N–H and O–H groups in total. The zero-order valence-corrected chi connectivity index (χ0v) is 13.0. The van der Waals surface area contributed by atoms with E-state index in [1.807, 2.05) is 0 Å². The van der Waals surface area contributed by atoms with Crippen molar-refractivity contribution in [2.75, 3.05) is 12.8 Å². The Morgan fingerprint density at radius 3 is 2.62 bits per heavy atom. The number of nitrogens with zero attached hydrogens (tertiary/aromatic N) is 2. The summed E-state index contributed by atoms with van der Waals surface area (Å²) in [6.45, 7) is 1.68. The molecule has 0 saturated carbocycles. The smallest absolute Gasteiger partial charge is 0.343 e. The first-order valence-corrected chi connectivity index (χ1v) is 6.83. The summed E-state index contributed by atoms with van der Waals surface area (Å²) < 4.78 is 4.65. The Balaban J connectivity index is 2.36. The van der Waals surface area contributed by atoms with E-state index in [-0.39, 0.29) is 11.4 Å². The van der Waals surface area contributed by atoms with Gasteiger partial charge in [-0.15, -0.1) is 0 Å². The highest BCUT2D eigenvalue weighted by Gasteiger charge is 2.17. The van der Waals surface area contributed by atoms with Crippen LogP contribution >= 0.6 is 23.2 Å². The second-order valence-corrected chi connectivity index (χ2v) is 5.23. The zero-order chi connectivity index (χ0) is 15.6. The van der Waals surface area contributed by atoms with Crippen LogP contribution in [0.25, 0.3) is 0 Å². The summed E-state index contributed by atoms with van der Waals surface area (Å²) >= 11 is 12.0. The van der Waals surface area contributed by atoms with Crippen LogP contribution in [-0.4, -0.2) is 23.0 Å². The van der Waals surface area contributed by atoms with Gasteiger partial charge in [-0.25, -0.2) is 14.8 Å². The Labute approximate surface area is 132 Å². The van der Waals surface area contributed by atoms with E-state index < -0.39 is 5.97 Å². The van der Waals surface area contributed by atoms with Crippen LogP contribution in [0.15, 0.2) is 18.2 Å². The van der Waals surface area contributed by atoms with E-state index in [2.05, 4.69) is 14.7 Å². The molecule has 0 unspecified atom stereocenters. The number of ether oxygens (including phenoxy) is 1. The highest BCUT2D eigenvalue weighted by atomic mass is 35.5. The van der Waals surface area contributed by atoms with Crippen LogP contribution in [-0.2, 0) is 11.2 Å². The molecule has 0 aliphatic rings. The lowest BCUT2D eigenvalue weighted by atomic mass is 10.1. The number of aryl methyl sites for hydroxylation is 1. The minimum absolute atomic E-state index is 0.0921. The van der Waals surface area contributed by atoms with Gasteiger partial charge in [0.1, 0.15) is 17.2 Å². The summed E-state index contributed by atoms with van der Waals surface area (Å²) in [5, 5.41) is 1.08. The van der Waals surface area contributed by atoms with Crippen LogP contribution < -0.4 is 5.73 Å². The molecule has 0 spiro atoms. The van der Waals surface area contributed by atoms with Gasteiger partial charge in [0, 0.05) is 16.5 Å². The standard InChI is InChI=1S/C14H13Cl2N3O2/c1-7-12(14(20)21-2)13(17)19-11(18-7)5-8-3-4-9(15)6-10(8)16/h3-4,6H,5H2,1-2H3,(H2,17,18,19). The van der Waals surface area contributed by atoms with E-state index in [0.29, 0.717) is 28.0 Å². The molecule has 1 aromatic heterocycles. The molecule has 1 heterocycles. The highest BCUT2D eigenvalue weighted by Crippen LogP contribution is 2.23. The normalized spacial score (nSPS) is 10.5. The molecular weight excluding hydrogens is 313 g/mol. The Morgan fingerprint density at radius 2 is 2.05 bits per heavy atom. The number of hydrogen-bond donors (Lipinski definition) is 1. The monoisotopic (exact) mass is 325 g/mol. The van der Waals surface area contributed by atoms with Crippen molar-refractivity contribution in [1.82, 2.24) is 9.97 Å². The van der Waals surface area contributed by atoms with Crippen molar-refractivity contribution in [1.29, 1.82) is 0 Å².